The molecule has 2 fully saturated rings. The van der Waals surface area contributed by atoms with Crippen molar-refractivity contribution in [2.24, 2.45) is 11.5 Å². The summed E-state index contributed by atoms with van der Waals surface area (Å²) in [6.45, 7) is 0. The first kappa shape index (κ1) is 11.4. The van der Waals surface area contributed by atoms with Crippen LogP contribution in [0.25, 0.3) is 0 Å². The minimum Gasteiger partial charge on any atom is -0.368 e. The number of nitrogens with zero attached hydrogens (tertiary/aromatic N) is 1. The molecule has 0 saturated carbocycles. The largest absolute Gasteiger partial charge is 0.368 e. The molecule has 2 aliphatic rings. The first-order valence-corrected chi connectivity index (χ1v) is 5.98. The van der Waals surface area contributed by atoms with E-state index in [1.807, 2.05) is 0 Å². The molecule has 90 valence electrons. The fourth-order valence-electron chi connectivity index (χ4n) is 2.86. The van der Waals surface area contributed by atoms with Crippen LogP contribution < -0.4 is 11.5 Å². The summed E-state index contributed by atoms with van der Waals surface area (Å²) >= 11 is 0. The third-order valence-corrected chi connectivity index (χ3v) is 3.70. The van der Waals surface area contributed by atoms with Gasteiger partial charge in [-0.3, -0.25) is 9.59 Å². The molecule has 0 aromatic heterocycles. The van der Waals surface area contributed by atoms with Crippen molar-refractivity contribution in [3.05, 3.63) is 0 Å². The lowest BCUT2D eigenvalue weighted by Crippen LogP contribution is -2.57. The Hall–Kier alpha value is -1.10. The number of fused-ring (bicyclic) bond motifs is 1. The monoisotopic (exact) mass is 225 g/mol. The summed E-state index contributed by atoms with van der Waals surface area (Å²) in [5, 5.41) is 0. The Labute approximate surface area is 95.1 Å². The van der Waals surface area contributed by atoms with Gasteiger partial charge in [0, 0.05) is 6.04 Å². The maximum absolute atomic E-state index is 12.1. The van der Waals surface area contributed by atoms with E-state index in [0.717, 1.165) is 32.1 Å². The number of primary amides is 1. The van der Waals surface area contributed by atoms with Crippen LogP contribution >= 0.6 is 0 Å². The number of rotatable bonds is 1. The van der Waals surface area contributed by atoms with Gasteiger partial charge in [0.15, 0.2) is 0 Å². The highest BCUT2D eigenvalue weighted by molar-refractivity contribution is 5.89. The molecule has 0 aromatic rings. The van der Waals surface area contributed by atoms with Crippen LogP contribution in [0.3, 0.4) is 0 Å². The molecule has 0 spiro atoms. The van der Waals surface area contributed by atoms with Crippen LogP contribution in [0.1, 0.15) is 38.5 Å². The van der Waals surface area contributed by atoms with E-state index in [-0.39, 0.29) is 11.9 Å². The summed E-state index contributed by atoms with van der Waals surface area (Å²) in [4.78, 5) is 25.1. The van der Waals surface area contributed by atoms with Crippen LogP contribution in [0.2, 0.25) is 0 Å². The Morgan fingerprint density at radius 2 is 1.81 bits per heavy atom. The van der Waals surface area contributed by atoms with Gasteiger partial charge in [-0.1, -0.05) is 0 Å². The summed E-state index contributed by atoms with van der Waals surface area (Å²) in [6.07, 6.45) is 5.25. The predicted molar refractivity (Wildman–Crippen MR) is 59.3 cm³/mol. The second-order valence-corrected chi connectivity index (χ2v) is 4.79. The van der Waals surface area contributed by atoms with E-state index >= 15 is 0 Å². The molecule has 2 amide bonds. The molecule has 2 rings (SSSR count). The van der Waals surface area contributed by atoms with Gasteiger partial charge in [-0.15, -0.1) is 0 Å². The average Bonchev–Trinajstić information content (AvgIpc) is 2.40. The smallest absolute Gasteiger partial charge is 0.240 e. The van der Waals surface area contributed by atoms with Crippen molar-refractivity contribution in [3.8, 4) is 0 Å². The summed E-state index contributed by atoms with van der Waals surface area (Å²) in [5.41, 5.74) is 11.2. The maximum Gasteiger partial charge on any atom is 0.240 e. The Balaban J connectivity index is 2.25. The molecule has 0 aliphatic carbocycles. The zero-order valence-electron chi connectivity index (χ0n) is 9.39. The van der Waals surface area contributed by atoms with Crippen LogP contribution in [0.5, 0.6) is 0 Å². The Kier molecular flexibility index (Phi) is 3.14. The summed E-state index contributed by atoms with van der Waals surface area (Å²) < 4.78 is 0. The molecule has 0 bridgehead atoms. The maximum atomic E-state index is 12.1. The zero-order valence-corrected chi connectivity index (χ0v) is 9.39. The Bertz CT molecular complexity index is 306. The van der Waals surface area contributed by atoms with E-state index in [1.165, 1.54) is 0 Å². The lowest BCUT2D eigenvalue weighted by atomic mass is 9.93. The third kappa shape index (κ3) is 1.91. The predicted octanol–water partition coefficient (Wildman–Crippen LogP) is -0.267. The lowest BCUT2D eigenvalue weighted by Gasteiger charge is -2.40. The van der Waals surface area contributed by atoms with Gasteiger partial charge in [0.25, 0.3) is 0 Å². The molecule has 5 heteroatoms. The standard InChI is InChI=1S/C11H19N3O2/c12-8-5-1-3-7-4-2-6-9(10(13)15)14(7)11(8)16/h7-9H,1-6,12H2,(H2,13,15)/t7?,8-,9-/m0/s1. The van der Waals surface area contributed by atoms with E-state index in [1.54, 1.807) is 4.90 Å². The van der Waals surface area contributed by atoms with Crippen molar-refractivity contribution in [3.63, 3.8) is 0 Å². The molecule has 16 heavy (non-hydrogen) atoms. The van der Waals surface area contributed by atoms with E-state index in [9.17, 15) is 9.59 Å². The topological polar surface area (TPSA) is 89.4 Å². The molecule has 3 atom stereocenters. The average molecular weight is 225 g/mol. The Morgan fingerprint density at radius 1 is 1.19 bits per heavy atom. The highest BCUT2D eigenvalue weighted by atomic mass is 16.2. The molecule has 0 radical (unpaired) electrons. The van der Waals surface area contributed by atoms with Gasteiger partial charge >= 0.3 is 0 Å². The highest BCUT2D eigenvalue weighted by Crippen LogP contribution is 2.29. The SMILES string of the molecule is NC(=O)[C@@H]1CCCC2CCC[C@H](N)C(=O)N21. The fraction of sp³-hybridized carbons (Fsp3) is 0.818. The molecule has 4 N–H and O–H groups in total. The second-order valence-electron chi connectivity index (χ2n) is 4.79. The molecule has 2 aliphatic heterocycles. The van der Waals surface area contributed by atoms with Gasteiger partial charge in [-0.05, 0) is 38.5 Å². The zero-order chi connectivity index (χ0) is 11.7. The van der Waals surface area contributed by atoms with Gasteiger partial charge in [-0.25, -0.2) is 0 Å². The van der Waals surface area contributed by atoms with Crippen molar-refractivity contribution in [2.75, 3.05) is 0 Å². The van der Waals surface area contributed by atoms with Crippen LogP contribution in [0, 0.1) is 0 Å². The fourth-order valence-corrected chi connectivity index (χ4v) is 2.86. The molecular formula is C11H19N3O2. The number of nitrogens with two attached hydrogens (primary N) is 2. The van der Waals surface area contributed by atoms with Crippen molar-refractivity contribution in [2.45, 2.75) is 56.7 Å². The minimum atomic E-state index is -0.454. The number of amides is 2. The lowest BCUT2D eigenvalue weighted by molar-refractivity contribution is -0.144. The second kappa shape index (κ2) is 4.41. The summed E-state index contributed by atoms with van der Waals surface area (Å²) in [5.74, 6) is -0.488. The molecule has 1 unspecified atom stereocenters. The number of hydrogen-bond acceptors (Lipinski definition) is 3. The summed E-state index contributed by atoms with van der Waals surface area (Å²) in [6, 6.07) is -0.715. The Morgan fingerprint density at radius 3 is 2.44 bits per heavy atom. The van der Waals surface area contributed by atoms with E-state index in [0.29, 0.717) is 6.42 Å². The molecule has 0 aromatic carbocycles. The van der Waals surface area contributed by atoms with Gasteiger partial charge in [-0.2, -0.15) is 0 Å². The first-order chi connectivity index (χ1) is 7.61. The van der Waals surface area contributed by atoms with Crippen molar-refractivity contribution in [1.82, 2.24) is 4.90 Å². The first-order valence-electron chi connectivity index (χ1n) is 5.98. The van der Waals surface area contributed by atoms with Crippen LogP contribution in [0.15, 0.2) is 0 Å². The molecule has 2 saturated heterocycles. The number of hydrogen-bond donors (Lipinski definition) is 2. The quantitative estimate of drug-likeness (QED) is 0.644. The van der Waals surface area contributed by atoms with E-state index < -0.39 is 18.0 Å². The normalized spacial score (nSPS) is 35.4. The van der Waals surface area contributed by atoms with Gasteiger partial charge in [0.05, 0.1) is 6.04 Å². The van der Waals surface area contributed by atoms with Gasteiger partial charge in [0.2, 0.25) is 11.8 Å². The van der Waals surface area contributed by atoms with Gasteiger partial charge < -0.3 is 16.4 Å². The number of carbonyl (C=O) groups excluding carboxylic acids is 2. The van der Waals surface area contributed by atoms with Crippen molar-refractivity contribution in [1.29, 1.82) is 0 Å². The van der Waals surface area contributed by atoms with Crippen LogP contribution in [0.4, 0.5) is 0 Å². The highest BCUT2D eigenvalue weighted by Gasteiger charge is 2.40. The van der Waals surface area contributed by atoms with Crippen molar-refractivity contribution >= 4 is 11.8 Å². The van der Waals surface area contributed by atoms with Crippen molar-refractivity contribution < 1.29 is 9.59 Å². The summed E-state index contributed by atoms with van der Waals surface area (Å²) in [7, 11) is 0. The molecule has 2 heterocycles. The van der Waals surface area contributed by atoms with Crippen LogP contribution in [-0.2, 0) is 9.59 Å². The van der Waals surface area contributed by atoms with E-state index in [2.05, 4.69) is 0 Å². The van der Waals surface area contributed by atoms with E-state index in [4.69, 9.17) is 11.5 Å². The number of piperidine rings is 1. The minimum absolute atomic E-state index is 0.0917. The van der Waals surface area contributed by atoms with Gasteiger partial charge in [0.1, 0.15) is 6.04 Å². The number of carbonyl (C=O) groups is 2. The third-order valence-electron chi connectivity index (χ3n) is 3.70. The molecule has 5 nitrogen and oxygen atoms in total. The molecular weight excluding hydrogens is 206 g/mol. The van der Waals surface area contributed by atoms with Crippen LogP contribution in [-0.4, -0.2) is 34.8 Å².